The normalized spacial score (nSPS) is 19.2. The molecule has 4 rings (SSSR count). The number of hydrogen-bond donors (Lipinski definition) is 1. The molecule has 3 heterocycles. The zero-order valence-corrected chi connectivity index (χ0v) is 14.0. The molecule has 1 spiro atoms. The zero-order valence-electron chi connectivity index (χ0n) is 14.0. The van der Waals surface area contributed by atoms with E-state index in [1.54, 1.807) is 23.0 Å². The molecule has 0 saturated carbocycles. The molecule has 3 amide bonds. The van der Waals surface area contributed by atoms with E-state index in [4.69, 9.17) is 4.74 Å². The largest absolute Gasteiger partial charge is 0.381 e. The Morgan fingerprint density at radius 3 is 2.62 bits per heavy atom. The number of rotatable bonds is 4. The van der Waals surface area contributed by atoms with Crippen LogP contribution >= 0.6 is 0 Å². The molecule has 2 aliphatic heterocycles. The highest BCUT2D eigenvalue weighted by Crippen LogP contribution is 2.29. The lowest BCUT2D eigenvalue weighted by Crippen LogP contribution is -2.51. The average Bonchev–Trinajstić information content (AvgIpc) is 3.16. The van der Waals surface area contributed by atoms with Crippen molar-refractivity contribution < 1.29 is 18.7 Å². The molecule has 1 aromatic carbocycles. The van der Waals surface area contributed by atoms with Crippen molar-refractivity contribution in [1.82, 2.24) is 25.2 Å². The standard InChI is InChI=1S/C17H18FN5O3/c18-13-3-1-12(2-4-13)9-22-10-14(20-21-22)11-23-15(24)17(19-16(23)25)5-7-26-8-6-17/h1-4,10H,5-9,11H2,(H,19,25). The third-order valence-corrected chi connectivity index (χ3v) is 4.76. The lowest BCUT2D eigenvalue weighted by molar-refractivity contribution is -0.135. The number of nitrogens with zero attached hydrogens (tertiary/aromatic N) is 4. The number of amides is 3. The van der Waals surface area contributed by atoms with Crippen LogP contribution in [0.5, 0.6) is 0 Å². The summed E-state index contributed by atoms with van der Waals surface area (Å²) < 4.78 is 19.8. The van der Waals surface area contributed by atoms with Crippen molar-refractivity contribution in [3.8, 4) is 0 Å². The van der Waals surface area contributed by atoms with Crippen molar-refractivity contribution in [3.05, 3.63) is 47.5 Å². The number of halogens is 1. The number of imide groups is 1. The Balaban J connectivity index is 1.44. The van der Waals surface area contributed by atoms with Crippen LogP contribution in [0.2, 0.25) is 0 Å². The Morgan fingerprint density at radius 2 is 1.88 bits per heavy atom. The average molecular weight is 359 g/mol. The Kier molecular flexibility index (Phi) is 4.15. The molecule has 0 radical (unpaired) electrons. The fourth-order valence-corrected chi connectivity index (χ4v) is 3.31. The quantitative estimate of drug-likeness (QED) is 0.825. The van der Waals surface area contributed by atoms with E-state index in [2.05, 4.69) is 15.6 Å². The van der Waals surface area contributed by atoms with Gasteiger partial charge in [0, 0.05) is 26.1 Å². The van der Waals surface area contributed by atoms with Crippen LogP contribution in [-0.2, 0) is 22.6 Å². The molecule has 0 unspecified atom stereocenters. The van der Waals surface area contributed by atoms with Gasteiger partial charge in [0.2, 0.25) is 0 Å². The van der Waals surface area contributed by atoms with Gasteiger partial charge in [0.05, 0.1) is 19.3 Å². The molecule has 2 fully saturated rings. The highest BCUT2D eigenvalue weighted by Gasteiger charge is 2.51. The summed E-state index contributed by atoms with van der Waals surface area (Å²) in [5, 5.41) is 10.9. The first kappa shape index (κ1) is 16.6. The summed E-state index contributed by atoms with van der Waals surface area (Å²) in [5.74, 6) is -0.535. The van der Waals surface area contributed by atoms with Crippen molar-refractivity contribution >= 4 is 11.9 Å². The van der Waals surface area contributed by atoms with Gasteiger partial charge in [-0.25, -0.2) is 13.9 Å². The monoisotopic (exact) mass is 359 g/mol. The first-order valence-electron chi connectivity index (χ1n) is 8.41. The molecule has 2 saturated heterocycles. The van der Waals surface area contributed by atoms with Crippen molar-refractivity contribution in [2.24, 2.45) is 0 Å². The first-order chi connectivity index (χ1) is 12.6. The maximum absolute atomic E-state index is 13.0. The highest BCUT2D eigenvalue weighted by molar-refractivity contribution is 6.07. The van der Waals surface area contributed by atoms with E-state index >= 15 is 0 Å². The molecule has 0 atom stereocenters. The van der Waals surface area contributed by atoms with Gasteiger partial charge in [-0.3, -0.25) is 9.69 Å². The minimum absolute atomic E-state index is 0.0662. The molecule has 136 valence electrons. The predicted octanol–water partition coefficient (Wildman–Crippen LogP) is 1.07. The molecular formula is C17H18FN5O3. The van der Waals surface area contributed by atoms with Gasteiger partial charge in [0.25, 0.3) is 5.91 Å². The van der Waals surface area contributed by atoms with Gasteiger partial charge >= 0.3 is 6.03 Å². The van der Waals surface area contributed by atoms with E-state index in [0.717, 1.165) is 5.56 Å². The summed E-state index contributed by atoms with van der Waals surface area (Å²) in [4.78, 5) is 26.2. The van der Waals surface area contributed by atoms with Crippen molar-refractivity contribution in [2.75, 3.05) is 13.2 Å². The second-order valence-corrected chi connectivity index (χ2v) is 6.55. The smallest absolute Gasteiger partial charge is 0.325 e. The lowest BCUT2D eigenvalue weighted by atomic mass is 9.90. The van der Waals surface area contributed by atoms with Crippen LogP contribution in [0, 0.1) is 5.82 Å². The SMILES string of the molecule is O=C1NC2(CCOCC2)C(=O)N1Cc1cn(Cc2ccc(F)cc2)nn1. The van der Waals surface area contributed by atoms with E-state index in [1.807, 2.05) is 0 Å². The van der Waals surface area contributed by atoms with E-state index in [-0.39, 0.29) is 18.3 Å². The number of ether oxygens (including phenoxy) is 1. The van der Waals surface area contributed by atoms with Crippen LogP contribution in [0.15, 0.2) is 30.5 Å². The summed E-state index contributed by atoms with van der Waals surface area (Å²) in [5.41, 5.74) is 0.540. The second-order valence-electron chi connectivity index (χ2n) is 6.55. The molecule has 9 heteroatoms. The maximum Gasteiger partial charge on any atom is 0.325 e. The minimum Gasteiger partial charge on any atom is -0.381 e. The van der Waals surface area contributed by atoms with Crippen LogP contribution in [0.3, 0.4) is 0 Å². The van der Waals surface area contributed by atoms with Gasteiger partial charge < -0.3 is 10.1 Å². The number of urea groups is 1. The van der Waals surface area contributed by atoms with Gasteiger partial charge in [-0.05, 0) is 17.7 Å². The summed E-state index contributed by atoms with van der Waals surface area (Å²) in [6.45, 7) is 1.40. The zero-order chi connectivity index (χ0) is 18.1. The molecule has 1 aromatic heterocycles. The molecule has 0 bridgehead atoms. The fourth-order valence-electron chi connectivity index (χ4n) is 3.31. The molecule has 2 aliphatic rings. The minimum atomic E-state index is -0.848. The van der Waals surface area contributed by atoms with Gasteiger partial charge in [0.1, 0.15) is 17.1 Å². The predicted molar refractivity (Wildman–Crippen MR) is 87.4 cm³/mol. The van der Waals surface area contributed by atoms with E-state index in [0.29, 0.717) is 38.3 Å². The molecule has 26 heavy (non-hydrogen) atoms. The van der Waals surface area contributed by atoms with Crippen LogP contribution in [-0.4, -0.2) is 50.6 Å². The number of aromatic nitrogens is 3. The number of carbonyl (C=O) groups excluding carboxylic acids is 2. The second kappa shape index (κ2) is 6.49. The summed E-state index contributed by atoms with van der Waals surface area (Å²) >= 11 is 0. The van der Waals surface area contributed by atoms with Crippen LogP contribution in [0.25, 0.3) is 0 Å². The highest BCUT2D eigenvalue weighted by atomic mass is 19.1. The topological polar surface area (TPSA) is 89.4 Å². The molecular weight excluding hydrogens is 341 g/mol. The molecule has 1 N–H and O–H groups in total. The van der Waals surface area contributed by atoms with Gasteiger partial charge in [-0.15, -0.1) is 5.10 Å². The summed E-state index contributed by atoms with van der Waals surface area (Å²) in [6, 6.07) is 5.69. The van der Waals surface area contributed by atoms with Gasteiger partial charge in [-0.1, -0.05) is 17.3 Å². The van der Waals surface area contributed by atoms with Crippen molar-refractivity contribution in [1.29, 1.82) is 0 Å². The number of carbonyl (C=O) groups is 2. The van der Waals surface area contributed by atoms with Crippen molar-refractivity contribution in [3.63, 3.8) is 0 Å². The number of nitrogens with one attached hydrogen (secondary N) is 1. The number of benzene rings is 1. The Hall–Kier alpha value is -2.81. The lowest BCUT2D eigenvalue weighted by Gasteiger charge is -2.30. The third-order valence-electron chi connectivity index (χ3n) is 4.76. The summed E-state index contributed by atoms with van der Waals surface area (Å²) in [6.07, 6.45) is 2.63. The van der Waals surface area contributed by atoms with E-state index in [1.165, 1.54) is 17.0 Å². The van der Waals surface area contributed by atoms with Gasteiger partial charge in [-0.2, -0.15) is 0 Å². The Labute approximate surface area is 148 Å². The van der Waals surface area contributed by atoms with Crippen LogP contribution < -0.4 is 5.32 Å². The molecule has 8 nitrogen and oxygen atoms in total. The van der Waals surface area contributed by atoms with E-state index < -0.39 is 11.6 Å². The van der Waals surface area contributed by atoms with Gasteiger partial charge in [0.15, 0.2) is 0 Å². The Morgan fingerprint density at radius 1 is 1.15 bits per heavy atom. The third kappa shape index (κ3) is 3.05. The molecule has 0 aliphatic carbocycles. The number of hydrogen-bond acceptors (Lipinski definition) is 5. The van der Waals surface area contributed by atoms with E-state index in [9.17, 15) is 14.0 Å². The van der Waals surface area contributed by atoms with Crippen LogP contribution in [0.1, 0.15) is 24.1 Å². The summed E-state index contributed by atoms with van der Waals surface area (Å²) in [7, 11) is 0. The Bertz CT molecular complexity index is 829. The fraction of sp³-hybridized carbons (Fsp3) is 0.412. The first-order valence-corrected chi connectivity index (χ1v) is 8.41. The van der Waals surface area contributed by atoms with Crippen molar-refractivity contribution in [2.45, 2.75) is 31.5 Å². The molecule has 2 aromatic rings. The maximum atomic E-state index is 13.0. The van der Waals surface area contributed by atoms with Crippen LogP contribution in [0.4, 0.5) is 9.18 Å².